The van der Waals surface area contributed by atoms with E-state index in [9.17, 15) is 4.39 Å². The van der Waals surface area contributed by atoms with Crippen molar-refractivity contribution in [3.05, 3.63) is 22.4 Å². The number of likely N-dealkylation sites (tertiary alicyclic amines) is 1. The Bertz CT molecular complexity index is 419. The summed E-state index contributed by atoms with van der Waals surface area (Å²) in [7, 11) is 0. The summed E-state index contributed by atoms with van der Waals surface area (Å²) in [6.07, 6.45) is 2.58. The lowest BCUT2D eigenvalue weighted by molar-refractivity contribution is 0.328. The SMILES string of the molecule is CC(CN1CCCC1)Nc1cc(Br)c(F)cc1N. The van der Waals surface area contributed by atoms with Gasteiger partial charge >= 0.3 is 0 Å². The number of benzene rings is 1. The Morgan fingerprint density at radius 1 is 1.44 bits per heavy atom. The van der Waals surface area contributed by atoms with E-state index in [1.807, 2.05) is 0 Å². The standard InChI is InChI=1S/C13H19BrFN3/c1-9(8-18-4-2-3-5-18)17-13-6-10(14)11(15)7-12(13)16/h6-7,9,17H,2-5,8,16H2,1H3. The first kappa shape index (κ1) is 13.6. The highest BCUT2D eigenvalue weighted by atomic mass is 79.9. The number of hydrogen-bond donors (Lipinski definition) is 2. The van der Waals surface area contributed by atoms with E-state index in [0.717, 1.165) is 12.2 Å². The van der Waals surface area contributed by atoms with E-state index < -0.39 is 0 Å². The second kappa shape index (κ2) is 5.89. The number of rotatable bonds is 4. The van der Waals surface area contributed by atoms with Crippen LogP contribution in [0.25, 0.3) is 0 Å². The second-order valence-corrected chi connectivity index (χ2v) is 5.76. The summed E-state index contributed by atoms with van der Waals surface area (Å²) < 4.78 is 13.7. The molecule has 1 atom stereocenters. The molecule has 0 spiro atoms. The Balaban J connectivity index is 1.97. The number of nitrogens with zero attached hydrogens (tertiary/aromatic N) is 1. The van der Waals surface area contributed by atoms with Crippen molar-refractivity contribution in [2.45, 2.75) is 25.8 Å². The fourth-order valence-electron chi connectivity index (χ4n) is 2.35. The molecule has 1 aromatic carbocycles. The minimum atomic E-state index is -0.328. The van der Waals surface area contributed by atoms with E-state index in [-0.39, 0.29) is 5.82 Å². The van der Waals surface area contributed by atoms with Crippen molar-refractivity contribution < 1.29 is 4.39 Å². The van der Waals surface area contributed by atoms with Crippen LogP contribution < -0.4 is 11.1 Å². The second-order valence-electron chi connectivity index (χ2n) is 4.91. The smallest absolute Gasteiger partial charge is 0.139 e. The highest BCUT2D eigenvalue weighted by molar-refractivity contribution is 9.10. The number of nitrogens with two attached hydrogens (primary N) is 1. The molecule has 0 bridgehead atoms. The summed E-state index contributed by atoms with van der Waals surface area (Å²) in [6, 6.07) is 3.34. The van der Waals surface area contributed by atoms with Crippen LogP contribution in [0.4, 0.5) is 15.8 Å². The van der Waals surface area contributed by atoms with Crippen molar-refractivity contribution in [2.75, 3.05) is 30.7 Å². The molecule has 2 rings (SSSR count). The number of hydrogen-bond acceptors (Lipinski definition) is 3. The molecule has 0 amide bonds. The maximum atomic E-state index is 13.3. The molecule has 3 N–H and O–H groups in total. The zero-order chi connectivity index (χ0) is 13.1. The van der Waals surface area contributed by atoms with Gasteiger partial charge in [0.1, 0.15) is 5.82 Å². The van der Waals surface area contributed by atoms with Crippen molar-refractivity contribution in [1.82, 2.24) is 4.90 Å². The molecule has 1 aromatic rings. The van der Waals surface area contributed by atoms with Gasteiger partial charge < -0.3 is 16.0 Å². The van der Waals surface area contributed by atoms with Gasteiger partial charge in [0.05, 0.1) is 15.8 Å². The Morgan fingerprint density at radius 3 is 2.78 bits per heavy atom. The third kappa shape index (κ3) is 3.36. The summed E-state index contributed by atoms with van der Waals surface area (Å²) in [5.41, 5.74) is 7.04. The first-order chi connectivity index (χ1) is 8.56. The van der Waals surface area contributed by atoms with Crippen LogP contribution in [0.1, 0.15) is 19.8 Å². The van der Waals surface area contributed by atoms with E-state index in [1.54, 1.807) is 6.07 Å². The largest absolute Gasteiger partial charge is 0.397 e. The van der Waals surface area contributed by atoms with E-state index in [2.05, 4.69) is 33.1 Å². The highest BCUT2D eigenvalue weighted by Crippen LogP contribution is 2.27. The van der Waals surface area contributed by atoms with Crippen molar-refractivity contribution in [1.29, 1.82) is 0 Å². The molecule has 1 heterocycles. The predicted octanol–water partition coefficient (Wildman–Crippen LogP) is 3.07. The molecule has 1 unspecified atom stereocenters. The van der Waals surface area contributed by atoms with Crippen LogP contribution >= 0.6 is 15.9 Å². The van der Waals surface area contributed by atoms with Crippen LogP contribution in [-0.4, -0.2) is 30.6 Å². The molecule has 1 aliphatic rings. The van der Waals surface area contributed by atoms with E-state index >= 15 is 0 Å². The first-order valence-corrected chi connectivity index (χ1v) is 7.09. The van der Waals surface area contributed by atoms with E-state index in [4.69, 9.17) is 5.73 Å². The maximum Gasteiger partial charge on any atom is 0.139 e. The predicted molar refractivity (Wildman–Crippen MR) is 77.3 cm³/mol. The normalized spacial score (nSPS) is 17.9. The van der Waals surface area contributed by atoms with Gasteiger partial charge in [-0.3, -0.25) is 0 Å². The van der Waals surface area contributed by atoms with Gasteiger partial charge in [0.15, 0.2) is 0 Å². The number of nitrogen functional groups attached to an aromatic ring is 1. The van der Waals surface area contributed by atoms with Crippen molar-refractivity contribution in [3.63, 3.8) is 0 Å². The molecule has 0 aromatic heterocycles. The third-order valence-electron chi connectivity index (χ3n) is 3.23. The molecule has 0 radical (unpaired) electrons. The van der Waals surface area contributed by atoms with Gasteiger partial charge in [-0.1, -0.05) is 0 Å². The van der Waals surface area contributed by atoms with E-state index in [1.165, 1.54) is 32.0 Å². The molecule has 100 valence electrons. The van der Waals surface area contributed by atoms with Crippen LogP contribution in [0, 0.1) is 5.82 Å². The van der Waals surface area contributed by atoms with Gasteiger partial charge in [-0.25, -0.2) is 4.39 Å². The molecule has 1 fully saturated rings. The minimum Gasteiger partial charge on any atom is -0.397 e. The van der Waals surface area contributed by atoms with Gasteiger partial charge in [-0.15, -0.1) is 0 Å². The Kier molecular flexibility index (Phi) is 4.45. The molecule has 18 heavy (non-hydrogen) atoms. The molecule has 5 heteroatoms. The van der Waals surface area contributed by atoms with Crippen LogP contribution in [0.2, 0.25) is 0 Å². The van der Waals surface area contributed by atoms with Gasteiger partial charge in [-0.2, -0.15) is 0 Å². The maximum absolute atomic E-state index is 13.3. The van der Waals surface area contributed by atoms with Crippen molar-refractivity contribution in [3.8, 4) is 0 Å². The molecule has 1 saturated heterocycles. The lowest BCUT2D eigenvalue weighted by atomic mass is 10.2. The number of anilines is 2. The first-order valence-electron chi connectivity index (χ1n) is 6.29. The van der Waals surface area contributed by atoms with Crippen molar-refractivity contribution >= 4 is 27.3 Å². The molecular formula is C13H19BrFN3. The monoisotopic (exact) mass is 315 g/mol. The zero-order valence-corrected chi connectivity index (χ0v) is 12.1. The molecule has 0 saturated carbocycles. The van der Waals surface area contributed by atoms with Crippen LogP contribution in [0.15, 0.2) is 16.6 Å². The Hall–Kier alpha value is -0.810. The average Bonchev–Trinajstić information content (AvgIpc) is 2.78. The lowest BCUT2D eigenvalue weighted by Gasteiger charge is -2.23. The van der Waals surface area contributed by atoms with Gasteiger partial charge in [0.25, 0.3) is 0 Å². The van der Waals surface area contributed by atoms with Crippen LogP contribution in [0.5, 0.6) is 0 Å². The third-order valence-corrected chi connectivity index (χ3v) is 3.83. The number of halogens is 2. The lowest BCUT2D eigenvalue weighted by Crippen LogP contribution is -2.33. The van der Waals surface area contributed by atoms with Crippen LogP contribution in [0.3, 0.4) is 0 Å². The van der Waals surface area contributed by atoms with Gasteiger partial charge in [0.2, 0.25) is 0 Å². The summed E-state index contributed by atoms with van der Waals surface area (Å²) in [6.45, 7) is 5.46. The van der Waals surface area contributed by atoms with Crippen LogP contribution in [-0.2, 0) is 0 Å². The molecular weight excluding hydrogens is 297 g/mol. The van der Waals surface area contributed by atoms with Gasteiger partial charge in [-0.05, 0) is 54.9 Å². The Morgan fingerprint density at radius 2 is 2.11 bits per heavy atom. The summed E-state index contributed by atoms with van der Waals surface area (Å²) in [4.78, 5) is 2.44. The summed E-state index contributed by atoms with van der Waals surface area (Å²) in [5.74, 6) is -0.328. The van der Waals surface area contributed by atoms with E-state index in [0.29, 0.717) is 16.2 Å². The average molecular weight is 316 g/mol. The number of nitrogens with one attached hydrogen (secondary N) is 1. The summed E-state index contributed by atoms with van der Waals surface area (Å²) in [5, 5.41) is 3.34. The molecule has 3 nitrogen and oxygen atoms in total. The summed E-state index contributed by atoms with van der Waals surface area (Å²) >= 11 is 3.18. The van der Waals surface area contributed by atoms with Crippen molar-refractivity contribution in [2.24, 2.45) is 0 Å². The quantitative estimate of drug-likeness (QED) is 0.839. The Labute approximate surface area is 116 Å². The molecule has 1 aliphatic heterocycles. The minimum absolute atomic E-state index is 0.294. The topological polar surface area (TPSA) is 41.3 Å². The fourth-order valence-corrected chi connectivity index (χ4v) is 2.69. The van der Waals surface area contributed by atoms with Gasteiger partial charge in [0, 0.05) is 18.7 Å². The fraction of sp³-hybridized carbons (Fsp3) is 0.538. The molecule has 0 aliphatic carbocycles. The zero-order valence-electron chi connectivity index (χ0n) is 10.5. The highest BCUT2D eigenvalue weighted by Gasteiger charge is 2.15.